The maximum absolute atomic E-state index is 12.4. The molecule has 0 saturated carbocycles. The first kappa shape index (κ1) is 19.9. The molecule has 0 unspecified atom stereocenters. The van der Waals surface area contributed by atoms with Crippen molar-refractivity contribution in [3.05, 3.63) is 45.3 Å². The van der Waals surface area contributed by atoms with Crippen molar-refractivity contribution in [2.24, 2.45) is 0 Å². The van der Waals surface area contributed by atoms with Crippen molar-refractivity contribution in [1.29, 1.82) is 5.26 Å². The Hall–Kier alpha value is -2.38. The standard InChI is InChI=1S/C19H17ClN6OS2/c1-26-7-6-13-14(8-21)18(29-15(13)9-26)22-16(27)10-28-19-23-17(24-25-19)11-2-4-12(20)5-3-11/h2-5H,6-7,9-10H2,1H3,(H,22,27)(H,23,24,25). The Balaban J connectivity index is 1.39. The Kier molecular flexibility index (Phi) is 5.87. The number of hydrogen-bond acceptors (Lipinski definition) is 7. The number of nitrogens with zero attached hydrogens (tertiary/aromatic N) is 4. The summed E-state index contributed by atoms with van der Waals surface area (Å²) in [6, 6.07) is 9.52. The van der Waals surface area contributed by atoms with Gasteiger partial charge in [-0.3, -0.25) is 9.89 Å². The normalized spacial score (nSPS) is 13.7. The van der Waals surface area contributed by atoms with Gasteiger partial charge in [-0.2, -0.15) is 5.26 Å². The predicted molar refractivity (Wildman–Crippen MR) is 115 cm³/mol. The van der Waals surface area contributed by atoms with Crippen LogP contribution in [-0.4, -0.2) is 45.3 Å². The topological polar surface area (TPSA) is 97.7 Å². The number of carbonyl (C=O) groups is 1. The van der Waals surface area contributed by atoms with Crippen LogP contribution in [0.2, 0.25) is 5.02 Å². The van der Waals surface area contributed by atoms with E-state index < -0.39 is 0 Å². The van der Waals surface area contributed by atoms with Crippen LogP contribution >= 0.6 is 34.7 Å². The number of carbonyl (C=O) groups excluding carboxylic acids is 1. The zero-order valence-electron chi connectivity index (χ0n) is 15.5. The van der Waals surface area contributed by atoms with Gasteiger partial charge in [-0.25, -0.2) is 4.98 Å². The quantitative estimate of drug-likeness (QED) is 0.581. The lowest BCUT2D eigenvalue weighted by molar-refractivity contribution is -0.113. The predicted octanol–water partition coefficient (Wildman–Crippen LogP) is 3.78. The van der Waals surface area contributed by atoms with E-state index in [4.69, 9.17) is 11.6 Å². The van der Waals surface area contributed by atoms with Crippen LogP contribution < -0.4 is 5.32 Å². The lowest BCUT2D eigenvalue weighted by Gasteiger charge is -2.21. The molecule has 4 rings (SSSR count). The van der Waals surface area contributed by atoms with Crippen molar-refractivity contribution in [3.63, 3.8) is 0 Å². The van der Waals surface area contributed by atoms with Crippen LogP contribution in [0.4, 0.5) is 5.00 Å². The number of aromatic nitrogens is 3. The van der Waals surface area contributed by atoms with Crippen LogP contribution in [0.15, 0.2) is 29.4 Å². The first-order valence-corrected chi connectivity index (χ1v) is 11.1. The van der Waals surface area contributed by atoms with Gasteiger partial charge in [0.15, 0.2) is 5.82 Å². The van der Waals surface area contributed by atoms with Gasteiger partial charge in [0.05, 0.1) is 11.3 Å². The Morgan fingerprint density at radius 2 is 2.24 bits per heavy atom. The van der Waals surface area contributed by atoms with Crippen LogP contribution in [0, 0.1) is 11.3 Å². The number of nitrogens with one attached hydrogen (secondary N) is 2. The van der Waals surface area contributed by atoms with E-state index in [2.05, 4.69) is 38.5 Å². The van der Waals surface area contributed by atoms with Crippen LogP contribution in [0.1, 0.15) is 16.0 Å². The number of thioether (sulfide) groups is 1. The fourth-order valence-electron chi connectivity index (χ4n) is 3.08. The average Bonchev–Trinajstić information content (AvgIpc) is 3.30. The Morgan fingerprint density at radius 3 is 3.00 bits per heavy atom. The highest BCUT2D eigenvalue weighted by Crippen LogP contribution is 2.36. The molecule has 2 N–H and O–H groups in total. The van der Waals surface area contributed by atoms with Crippen LogP contribution in [-0.2, 0) is 17.8 Å². The molecule has 1 aromatic carbocycles. The van der Waals surface area contributed by atoms with Crippen LogP contribution in [0.25, 0.3) is 11.4 Å². The summed E-state index contributed by atoms with van der Waals surface area (Å²) in [6.07, 6.45) is 0.834. The van der Waals surface area contributed by atoms with E-state index in [-0.39, 0.29) is 11.7 Å². The number of amides is 1. The summed E-state index contributed by atoms with van der Waals surface area (Å²) in [6.45, 7) is 1.73. The van der Waals surface area contributed by atoms with Crippen molar-refractivity contribution in [2.45, 2.75) is 18.1 Å². The Labute approximate surface area is 181 Å². The van der Waals surface area contributed by atoms with Gasteiger partial charge in [0.1, 0.15) is 11.1 Å². The van der Waals surface area contributed by atoms with E-state index in [0.29, 0.717) is 26.6 Å². The molecule has 0 spiro atoms. The van der Waals surface area contributed by atoms with E-state index >= 15 is 0 Å². The highest BCUT2D eigenvalue weighted by Gasteiger charge is 2.23. The number of fused-ring (bicyclic) bond motifs is 1. The van der Waals surface area contributed by atoms with E-state index in [9.17, 15) is 10.1 Å². The maximum Gasteiger partial charge on any atom is 0.235 e. The molecule has 0 bridgehead atoms. The number of thiophene rings is 1. The number of rotatable bonds is 5. The second-order valence-electron chi connectivity index (χ2n) is 6.62. The number of H-pyrrole nitrogens is 1. The highest BCUT2D eigenvalue weighted by atomic mass is 35.5. The van der Waals surface area contributed by atoms with Gasteiger partial charge in [-0.15, -0.1) is 16.4 Å². The van der Waals surface area contributed by atoms with Crippen LogP contribution in [0.3, 0.4) is 0 Å². The monoisotopic (exact) mass is 444 g/mol. The summed E-state index contributed by atoms with van der Waals surface area (Å²) in [5.41, 5.74) is 2.53. The minimum absolute atomic E-state index is 0.158. The molecule has 1 aliphatic rings. The van der Waals surface area contributed by atoms with Gasteiger partial charge in [0.25, 0.3) is 0 Å². The molecule has 0 radical (unpaired) electrons. The molecule has 0 fully saturated rings. The maximum atomic E-state index is 12.4. The minimum atomic E-state index is -0.184. The molecule has 29 heavy (non-hydrogen) atoms. The lowest BCUT2D eigenvalue weighted by Crippen LogP contribution is -2.25. The first-order chi connectivity index (χ1) is 14.0. The second-order valence-corrected chi connectivity index (χ2v) is 9.10. The van der Waals surface area contributed by atoms with Crippen molar-refractivity contribution in [1.82, 2.24) is 20.1 Å². The summed E-state index contributed by atoms with van der Waals surface area (Å²) in [5.74, 6) is 0.591. The summed E-state index contributed by atoms with van der Waals surface area (Å²) in [4.78, 5) is 20.2. The van der Waals surface area contributed by atoms with E-state index in [1.807, 2.05) is 12.1 Å². The number of nitriles is 1. The molecule has 148 valence electrons. The average molecular weight is 445 g/mol. The smallest absolute Gasteiger partial charge is 0.235 e. The van der Waals surface area contributed by atoms with Gasteiger partial charge < -0.3 is 10.2 Å². The Bertz CT molecular complexity index is 1090. The molecular weight excluding hydrogens is 428 g/mol. The summed E-state index contributed by atoms with van der Waals surface area (Å²) >= 11 is 8.63. The zero-order chi connectivity index (χ0) is 20.4. The lowest BCUT2D eigenvalue weighted by atomic mass is 10.0. The highest BCUT2D eigenvalue weighted by molar-refractivity contribution is 7.99. The molecule has 3 aromatic rings. The molecule has 10 heteroatoms. The number of anilines is 1. The largest absolute Gasteiger partial charge is 0.316 e. The van der Waals surface area contributed by atoms with Crippen molar-refractivity contribution in [2.75, 3.05) is 24.7 Å². The number of aromatic amines is 1. The van der Waals surface area contributed by atoms with Gasteiger partial charge in [0.2, 0.25) is 11.1 Å². The first-order valence-electron chi connectivity index (χ1n) is 8.87. The summed E-state index contributed by atoms with van der Waals surface area (Å²) in [5, 5.41) is 21.2. The molecule has 1 aliphatic heterocycles. The third-order valence-corrected chi connectivity index (χ3v) is 6.76. The van der Waals surface area contributed by atoms with E-state index in [1.54, 1.807) is 12.1 Å². The molecule has 0 saturated heterocycles. The van der Waals surface area contributed by atoms with Gasteiger partial charge in [-0.05, 0) is 43.3 Å². The fraction of sp³-hybridized carbons (Fsp3) is 0.263. The third-order valence-electron chi connectivity index (χ3n) is 4.53. The summed E-state index contributed by atoms with van der Waals surface area (Å²) in [7, 11) is 2.05. The second kappa shape index (κ2) is 8.55. The van der Waals surface area contributed by atoms with Crippen molar-refractivity contribution in [3.8, 4) is 17.5 Å². The minimum Gasteiger partial charge on any atom is -0.316 e. The molecular formula is C19H17ClN6OS2. The molecule has 7 nitrogen and oxygen atoms in total. The Morgan fingerprint density at radius 1 is 1.45 bits per heavy atom. The van der Waals surface area contributed by atoms with E-state index in [1.165, 1.54) is 23.1 Å². The zero-order valence-corrected chi connectivity index (χ0v) is 17.9. The number of halogens is 1. The SMILES string of the molecule is CN1CCc2c(sc(NC(=O)CSc3n[nH]c(-c4ccc(Cl)cc4)n3)c2C#N)C1. The molecule has 3 heterocycles. The van der Waals surface area contributed by atoms with Crippen molar-refractivity contribution < 1.29 is 4.79 Å². The van der Waals surface area contributed by atoms with Gasteiger partial charge in [0, 0.05) is 28.6 Å². The van der Waals surface area contributed by atoms with Gasteiger partial charge >= 0.3 is 0 Å². The third kappa shape index (κ3) is 4.46. The van der Waals surface area contributed by atoms with Gasteiger partial charge in [-0.1, -0.05) is 23.4 Å². The van der Waals surface area contributed by atoms with E-state index in [0.717, 1.165) is 35.5 Å². The van der Waals surface area contributed by atoms with Crippen LogP contribution in [0.5, 0.6) is 0 Å². The van der Waals surface area contributed by atoms with Crippen molar-refractivity contribution >= 4 is 45.6 Å². The molecule has 1 amide bonds. The number of likely N-dealkylation sites (N-methyl/N-ethyl adjacent to an activating group) is 1. The molecule has 0 aliphatic carbocycles. The molecule has 2 aromatic heterocycles. The fourth-order valence-corrected chi connectivity index (χ4v) is 5.10. The summed E-state index contributed by atoms with van der Waals surface area (Å²) < 4.78 is 0. The number of hydrogen-bond donors (Lipinski definition) is 2. The number of benzene rings is 1. The molecule has 0 atom stereocenters.